The lowest BCUT2D eigenvalue weighted by Crippen LogP contribution is -2.52. The van der Waals surface area contributed by atoms with Crippen molar-refractivity contribution in [1.82, 2.24) is 10.2 Å². The number of hydrogen-bond donors (Lipinski definition) is 3. The maximum Gasteiger partial charge on any atom is 0.233 e. The molecule has 0 radical (unpaired) electrons. The van der Waals surface area contributed by atoms with Crippen LogP contribution in [0.4, 0.5) is 0 Å². The first-order valence-corrected chi connectivity index (χ1v) is 7.68. The number of nitrogens with zero attached hydrogens (tertiary/aromatic N) is 2. The molecule has 2 aliphatic rings. The van der Waals surface area contributed by atoms with Gasteiger partial charge in [0.05, 0.1) is 0 Å². The van der Waals surface area contributed by atoms with Crippen LogP contribution in [0.1, 0.15) is 44.9 Å². The molecule has 0 spiro atoms. The third-order valence-electron chi connectivity index (χ3n) is 4.65. The van der Waals surface area contributed by atoms with E-state index < -0.39 is 5.41 Å². The molecule has 1 saturated heterocycles. The molecule has 2 rings (SSSR count). The van der Waals surface area contributed by atoms with Gasteiger partial charge in [0.25, 0.3) is 0 Å². The Morgan fingerprint density at radius 3 is 2.45 bits per heavy atom. The Hall–Kier alpha value is -1.30. The van der Waals surface area contributed by atoms with Crippen LogP contribution in [0, 0.1) is 5.41 Å². The summed E-state index contributed by atoms with van der Waals surface area (Å²) in [5, 5.41) is 15.1. The lowest BCUT2D eigenvalue weighted by atomic mass is 9.72. The fraction of sp³-hybridized carbons (Fsp3) is 0.857. The SMILES string of the molecule is NC(=NO)C1(C(=O)NCCN2CCCC2)CCCCC1. The van der Waals surface area contributed by atoms with Crippen molar-refractivity contribution in [2.24, 2.45) is 16.3 Å². The summed E-state index contributed by atoms with van der Waals surface area (Å²) in [5.41, 5.74) is 5.01. The minimum Gasteiger partial charge on any atom is -0.409 e. The predicted octanol–water partition coefficient (Wildman–Crippen LogP) is 0.895. The normalized spacial score (nSPS) is 23.7. The molecule has 114 valence electrons. The largest absolute Gasteiger partial charge is 0.409 e. The number of carbonyl (C=O) groups is 1. The number of nitrogens with one attached hydrogen (secondary N) is 1. The van der Waals surface area contributed by atoms with Crippen molar-refractivity contribution in [3.63, 3.8) is 0 Å². The number of carbonyl (C=O) groups excluding carboxylic acids is 1. The van der Waals surface area contributed by atoms with Crippen molar-refractivity contribution in [2.45, 2.75) is 44.9 Å². The van der Waals surface area contributed by atoms with E-state index in [9.17, 15) is 4.79 Å². The van der Waals surface area contributed by atoms with Gasteiger partial charge in [0.15, 0.2) is 5.84 Å². The van der Waals surface area contributed by atoms with Gasteiger partial charge in [-0.3, -0.25) is 4.79 Å². The molecule has 20 heavy (non-hydrogen) atoms. The molecule has 0 aromatic carbocycles. The Morgan fingerprint density at radius 1 is 1.20 bits per heavy atom. The molecule has 1 heterocycles. The van der Waals surface area contributed by atoms with E-state index in [1.165, 1.54) is 12.8 Å². The Kier molecular flexibility index (Phi) is 5.23. The number of amidine groups is 1. The molecule has 2 fully saturated rings. The summed E-state index contributed by atoms with van der Waals surface area (Å²) in [6.07, 6.45) is 6.88. The fourth-order valence-electron chi connectivity index (χ4n) is 3.35. The molecule has 6 heteroatoms. The van der Waals surface area contributed by atoms with Crippen molar-refractivity contribution in [3.05, 3.63) is 0 Å². The Balaban J connectivity index is 1.89. The first kappa shape index (κ1) is 15.1. The maximum absolute atomic E-state index is 12.5. The summed E-state index contributed by atoms with van der Waals surface area (Å²) in [5.74, 6) is -0.0115. The lowest BCUT2D eigenvalue weighted by Gasteiger charge is -2.34. The number of rotatable bonds is 5. The fourth-order valence-corrected chi connectivity index (χ4v) is 3.35. The lowest BCUT2D eigenvalue weighted by molar-refractivity contribution is -0.129. The first-order chi connectivity index (χ1) is 9.69. The topological polar surface area (TPSA) is 91.0 Å². The van der Waals surface area contributed by atoms with Crippen LogP contribution in [-0.4, -0.2) is 48.0 Å². The van der Waals surface area contributed by atoms with Gasteiger partial charge in [-0.1, -0.05) is 24.4 Å². The standard InChI is InChI=1S/C14H26N4O2/c15-12(17-20)14(6-2-1-3-7-14)13(19)16-8-11-18-9-4-5-10-18/h20H,1-11H2,(H2,15,17)(H,16,19). The van der Waals surface area contributed by atoms with Crippen LogP contribution < -0.4 is 11.1 Å². The van der Waals surface area contributed by atoms with E-state index >= 15 is 0 Å². The number of oxime groups is 1. The van der Waals surface area contributed by atoms with Crippen LogP contribution in [-0.2, 0) is 4.79 Å². The Labute approximate surface area is 120 Å². The molecular weight excluding hydrogens is 256 g/mol. The molecule has 1 amide bonds. The molecular formula is C14H26N4O2. The van der Waals surface area contributed by atoms with Gasteiger partial charge in [0.2, 0.25) is 5.91 Å². The van der Waals surface area contributed by atoms with Crippen LogP contribution in [0.3, 0.4) is 0 Å². The van der Waals surface area contributed by atoms with Crippen LogP contribution in [0.5, 0.6) is 0 Å². The molecule has 4 N–H and O–H groups in total. The van der Waals surface area contributed by atoms with Crippen molar-refractivity contribution in [1.29, 1.82) is 0 Å². The number of hydrogen-bond acceptors (Lipinski definition) is 4. The van der Waals surface area contributed by atoms with Crippen LogP contribution in [0.2, 0.25) is 0 Å². The van der Waals surface area contributed by atoms with Gasteiger partial charge in [-0.05, 0) is 38.8 Å². The molecule has 0 bridgehead atoms. The van der Waals surface area contributed by atoms with Crippen molar-refractivity contribution in [2.75, 3.05) is 26.2 Å². The monoisotopic (exact) mass is 282 g/mol. The first-order valence-electron chi connectivity index (χ1n) is 7.68. The highest BCUT2D eigenvalue weighted by molar-refractivity contribution is 6.06. The van der Waals surface area contributed by atoms with Gasteiger partial charge in [0, 0.05) is 13.1 Å². The van der Waals surface area contributed by atoms with Crippen molar-refractivity contribution >= 4 is 11.7 Å². The summed E-state index contributed by atoms with van der Waals surface area (Å²) >= 11 is 0. The molecule has 0 aromatic rings. The van der Waals surface area contributed by atoms with E-state index in [1.807, 2.05) is 0 Å². The van der Waals surface area contributed by atoms with Gasteiger partial charge in [-0.15, -0.1) is 0 Å². The highest BCUT2D eigenvalue weighted by Crippen LogP contribution is 2.36. The summed E-state index contributed by atoms with van der Waals surface area (Å²) in [6.45, 7) is 3.78. The predicted molar refractivity (Wildman–Crippen MR) is 77.6 cm³/mol. The van der Waals surface area contributed by atoms with Gasteiger partial charge >= 0.3 is 0 Å². The highest BCUT2D eigenvalue weighted by atomic mass is 16.4. The molecule has 6 nitrogen and oxygen atoms in total. The van der Waals surface area contributed by atoms with Gasteiger partial charge in [-0.2, -0.15) is 0 Å². The second-order valence-corrected chi connectivity index (χ2v) is 5.93. The average Bonchev–Trinajstić information content (AvgIpc) is 3.00. The summed E-state index contributed by atoms with van der Waals surface area (Å²) in [4.78, 5) is 14.9. The third kappa shape index (κ3) is 3.23. The zero-order valence-electron chi connectivity index (χ0n) is 12.1. The van der Waals surface area contributed by atoms with Gasteiger partial charge < -0.3 is 21.2 Å². The maximum atomic E-state index is 12.5. The highest BCUT2D eigenvalue weighted by Gasteiger charge is 2.43. The molecule has 0 aromatic heterocycles. The summed E-state index contributed by atoms with van der Waals surface area (Å²) in [7, 11) is 0. The third-order valence-corrected chi connectivity index (χ3v) is 4.65. The zero-order chi connectivity index (χ0) is 14.4. The number of likely N-dealkylation sites (tertiary alicyclic amines) is 1. The summed E-state index contributed by atoms with van der Waals surface area (Å²) < 4.78 is 0. The van der Waals surface area contributed by atoms with Crippen molar-refractivity contribution < 1.29 is 10.0 Å². The molecule has 0 atom stereocenters. The number of amides is 1. The van der Waals surface area contributed by atoms with E-state index in [-0.39, 0.29) is 11.7 Å². The molecule has 1 aliphatic heterocycles. The van der Waals surface area contributed by atoms with E-state index in [0.717, 1.165) is 38.9 Å². The zero-order valence-corrected chi connectivity index (χ0v) is 12.1. The van der Waals surface area contributed by atoms with Crippen LogP contribution in [0.15, 0.2) is 5.16 Å². The van der Waals surface area contributed by atoms with Gasteiger partial charge in [0.1, 0.15) is 5.41 Å². The van der Waals surface area contributed by atoms with Crippen molar-refractivity contribution in [3.8, 4) is 0 Å². The van der Waals surface area contributed by atoms with E-state index in [2.05, 4.69) is 15.4 Å². The van der Waals surface area contributed by atoms with Gasteiger partial charge in [-0.25, -0.2) is 0 Å². The van der Waals surface area contributed by atoms with E-state index in [0.29, 0.717) is 19.4 Å². The summed E-state index contributed by atoms with van der Waals surface area (Å²) in [6, 6.07) is 0. The average molecular weight is 282 g/mol. The van der Waals surface area contributed by atoms with E-state index in [4.69, 9.17) is 10.9 Å². The van der Waals surface area contributed by atoms with E-state index in [1.54, 1.807) is 0 Å². The minimum absolute atomic E-state index is 0.0656. The van der Waals surface area contributed by atoms with Crippen LogP contribution in [0.25, 0.3) is 0 Å². The van der Waals surface area contributed by atoms with Crippen LogP contribution >= 0.6 is 0 Å². The Bertz CT molecular complexity index is 358. The second kappa shape index (κ2) is 6.92. The quantitative estimate of drug-likeness (QED) is 0.302. The number of nitrogens with two attached hydrogens (primary N) is 1. The second-order valence-electron chi connectivity index (χ2n) is 5.93. The Morgan fingerprint density at radius 2 is 1.85 bits per heavy atom. The molecule has 1 aliphatic carbocycles. The molecule has 0 unspecified atom stereocenters. The molecule has 1 saturated carbocycles. The smallest absolute Gasteiger partial charge is 0.233 e. The minimum atomic E-state index is -0.794.